The Morgan fingerprint density at radius 1 is 1.24 bits per heavy atom. The van der Waals surface area contributed by atoms with Gasteiger partial charge in [-0.05, 0) is 23.6 Å². The van der Waals surface area contributed by atoms with E-state index < -0.39 is 21.0 Å². The maximum absolute atomic E-state index is 11.6. The van der Waals surface area contributed by atoms with E-state index in [1.807, 2.05) is 11.5 Å². The van der Waals surface area contributed by atoms with Gasteiger partial charge in [-0.25, -0.2) is 9.97 Å². The van der Waals surface area contributed by atoms with E-state index in [-0.39, 0.29) is 5.56 Å². The average molecular weight is 505 g/mol. The Hall–Kier alpha value is -3.21. The van der Waals surface area contributed by atoms with Crippen LogP contribution in [0.3, 0.4) is 0 Å². The van der Waals surface area contributed by atoms with Crippen molar-refractivity contribution in [3.63, 3.8) is 0 Å². The van der Waals surface area contributed by atoms with E-state index in [1.54, 1.807) is 31.0 Å². The van der Waals surface area contributed by atoms with Crippen LogP contribution in [0.25, 0.3) is 11.2 Å². The monoisotopic (exact) mass is 505 g/mol. The first kappa shape index (κ1) is 23.9. The molecule has 0 radical (unpaired) electrons. The summed E-state index contributed by atoms with van der Waals surface area (Å²) in [5.41, 5.74) is 2.78. The summed E-state index contributed by atoms with van der Waals surface area (Å²) in [7, 11) is -7.92. The lowest BCUT2D eigenvalue weighted by Crippen LogP contribution is -2.10. The highest BCUT2D eigenvalue weighted by atomic mass is 31.2. The molecule has 3 heterocycles. The van der Waals surface area contributed by atoms with Gasteiger partial charge in [0.15, 0.2) is 17.0 Å². The predicted octanol–water partition coefficient (Wildman–Crippen LogP) is 2.88. The SMILES string of the molecule is CCn1cnc2c(Nc3ccc(C([P+](=O)O)P(=O)(O)O)cc3)nc(NCCc3cnc[nH]3)nc21. The fourth-order valence-corrected chi connectivity index (χ4v) is 5.42. The van der Waals surface area contributed by atoms with Crippen molar-refractivity contribution < 1.29 is 23.8 Å². The van der Waals surface area contributed by atoms with Crippen molar-refractivity contribution in [3.8, 4) is 0 Å². The summed E-state index contributed by atoms with van der Waals surface area (Å²) in [6.45, 7) is 3.22. The highest BCUT2D eigenvalue weighted by molar-refractivity contribution is 7.64. The van der Waals surface area contributed by atoms with Crippen LogP contribution in [0.15, 0.2) is 43.1 Å². The van der Waals surface area contributed by atoms with Crippen LogP contribution in [0, 0.1) is 0 Å². The molecule has 178 valence electrons. The molecule has 3 aromatic heterocycles. The topological polar surface area (TPSA) is 191 Å². The summed E-state index contributed by atoms with van der Waals surface area (Å²) in [5, 5.41) is 4.56. The van der Waals surface area contributed by atoms with Gasteiger partial charge in [0.25, 0.3) is 0 Å². The number of imidazole rings is 2. The van der Waals surface area contributed by atoms with E-state index in [9.17, 15) is 23.8 Å². The van der Waals surface area contributed by atoms with E-state index in [4.69, 9.17) is 0 Å². The number of aromatic nitrogens is 6. The second-order valence-corrected chi connectivity index (χ2v) is 10.6. The van der Waals surface area contributed by atoms with Gasteiger partial charge in [-0.15, -0.1) is 0 Å². The van der Waals surface area contributed by atoms with E-state index in [0.29, 0.717) is 48.1 Å². The molecule has 6 N–H and O–H groups in total. The van der Waals surface area contributed by atoms with Gasteiger partial charge in [0.2, 0.25) is 5.95 Å². The minimum absolute atomic E-state index is 0.0618. The Kier molecular flexibility index (Phi) is 7.01. The van der Waals surface area contributed by atoms with Crippen molar-refractivity contribution in [1.29, 1.82) is 0 Å². The number of H-pyrrole nitrogens is 1. The first-order valence-electron chi connectivity index (χ1n) is 10.3. The molecule has 0 fully saturated rings. The van der Waals surface area contributed by atoms with Crippen molar-refractivity contribution in [2.45, 2.75) is 25.3 Å². The maximum Gasteiger partial charge on any atom is 0.526 e. The molecule has 2 unspecified atom stereocenters. The van der Waals surface area contributed by atoms with Crippen LogP contribution < -0.4 is 10.6 Å². The molecule has 4 rings (SSSR count). The lowest BCUT2D eigenvalue weighted by atomic mass is 10.2. The highest BCUT2D eigenvalue weighted by Crippen LogP contribution is 2.62. The number of fused-ring (bicyclic) bond motifs is 1. The van der Waals surface area contributed by atoms with Crippen LogP contribution in [-0.2, 0) is 22.1 Å². The normalized spacial score (nSPS) is 13.1. The number of hydrogen-bond acceptors (Lipinski definition) is 8. The number of anilines is 3. The van der Waals surface area contributed by atoms with Gasteiger partial charge < -0.3 is 30.0 Å². The zero-order valence-corrected chi connectivity index (χ0v) is 19.8. The summed E-state index contributed by atoms with van der Waals surface area (Å²) >= 11 is 0. The third kappa shape index (κ3) is 5.30. The minimum Gasteiger partial charge on any atom is -0.354 e. The number of nitrogens with one attached hydrogen (secondary N) is 3. The molecule has 0 aliphatic carbocycles. The molecule has 4 aromatic rings. The quantitative estimate of drug-likeness (QED) is 0.174. The molecule has 0 bridgehead atoms. The molecular weight excluding hydrogens is 482 g/mol. The molecular formula is C19H23N8O5P2+. The second kappa shape index (κ2) is 9.96. The van der Waals surface area contributed by atoms with Gasteiger partial charge in [-0.1, -0.05) is 12.1 Å². The van der Waals surface area contributed by atoms with Gasteiger partial charge in [0, 0.05) is 42.7 Å². The largest absolute Gasteiger partial charge is 0.526 e. The number of rotatable bonds is 10. The van der Waals surface area contributed by atoms with Gasteiger partial charge >= 0.3 is 21.0 Å². The molecule has 0 saturated heterocycles. The smallest absolute Gasteiger partial charge is 0.354 e. The third-order valence-corrected chi connectivity index (χ3v) is 8.18. The molecule has 34 heavy (non-hydrogen) atoms. The zero-order chi connectivity index (χ0) is 24.3. The Labute approximate surface area is 194 Å². The number of aryl methyl sites for hydroxylation is 1. The van der Waals surface area contributed by atoms with Crippen LogP contribution in [0.5, 0.6) is 0 Å². The van der Waals surface area contributed by atoms with Crippen LogP contribution in [0.1, 0.15) is 23.6 Å². The highest BCUT2D eigenvalue weighted by Gasteiger charge is 2.46. The molecule has 0 saturated carbocycles. The maximum atomic E-state index is 11.6. The Bertz CT molecular complexity index is 1340. The minimum atomic E-state index is -4.81. The van der Waals surface area contributed by atoms with Gasteiger partial charge in [-0.3, -0.25) is 4.57 Å². The van der Waals surface area contributed by atoms with Crippen LogP contribution in [0.4, 0.5) is 17.5 Å². The second-order valence-electron chi connectivity index (χ2n) is 7.36. The summed E-state index contributed by atoms with van der Waals surface area (Å²) in [6, 6.07) is 5.88. The molecule has 0 spiro atoms. The number of hydrogen-bond donors (Lipinski definition) is 6. The van der Waals surface area contributed by atoms with Crippen LogP contribution >= 0.6 is 15.6 Å². The Morgan fingerprint density at radius 2 is 2.00 bits per heavy atom. The molecule has 15 heteroatoms. The molecule has 0 aliphatic rings. The lowest BCUT2D eigenvalue weighted by Gasteiger charge is -2.12. The predicted molar refractivity (Wildman–Crippen MR) is 126 cm³/mol. The fraction of sp³-hybridized carbons (Fsp3) is 0.263. The first-order valence-corrected chi connectivity index (χ1v) is 13.2. The van der Waals surface area contributed by atoms with E-state index in [1.165, 1.54) is 12.1 Å². The summed E-state index contributed by atoms with van der Waals surface area (Å²) < 4.78 is 25.0. The van der Waals surface area contributed by atoms with Gasteiger partial charge in [0.1, 0.15) is 0 Å². The van der Waals surface area contributed by atoms with Crippen molar-refractivity contribution >= 4 is 44.2 Å². The van der Waals surface area contributed by atoms with Crippen molar-refractivity contribution in [3.05, 3.63) is 54.4 Å². The van der Waals surface area contributed by atoms with Gasteiger partial charge in [0.05, 0.1) is 12.7 Å². The summed E-state index contributed by atoms with van der Waals surface area (Å²) in [6.07, 6.45) is 5.74. The molecule has 13 nitrogen and oxygen atoms in total. The number of aromatic amines is 1. The molecule has 1 aromatic carbocycles. The Morgan fingerprint density at radius 3 is 2.62 bits per heavy atom. The van der Waals surface area contributed by atoms with Crippen molar-refractivity contribution in [1.82, 2.24) is 29.5 Å². The van der Waals surface area contributed by atoms with Gasteiger partial charge in [-0.2, -0.15) is 14.9 Å². The zero-order valence-electron chi connectivity index (χ0n) is 18.0. The number of benzene rings is 1. The van der Waals surface area contributed by atoms with Crippen molar-refractivity contribution in [2.75, 3.05) is 17.2 Å². The summed E-state index contributed by atoms with van der Waals surface area (Å²) in [5.74, 6) is 0.842. The fourth-order valence-electron chi connectivity index (χ4n) is 3.40. The van der Waals surface area contributed by atoms with Crippen LogP contribution in [0.2, 0.25) is 0 Å². The number of nitrogens with zero attached hydrogens (tertiary/aromatic N) is 5. The molecule has 0 amide bonds. The van der Waals surface area contributed by atoms with E-state index in [0.717, 1.165) is 5.69 Å². The van der Waals surface area contributed by atoms with E-state index >= 15 is 0 Å². The van der Waals surface area contributed by atoms with E-state index in [2.05, 4.69) is 35.6 Å². The first-order chi connectivity index (χ1) is 16.3. The summed E-state index contributed by atoms with van der Waals surface area (Å²) in [4.78, 5) is 48.8. The van der Waals surface area contributed by atoms with Crippen molar-refractivity contribution in [2.24, 2.45) is 0 Å². The third-order valence-electron chi connectivity index (χ3n) is 5.04. The standard InChI is InChI=1S/C19H22N8O5P2/c1-2-27-11-23-15-16(25-19(26-17(15)27)21-8-7-14-9-20-10-22-14)24-13-5-3-12(4-6-13)18(33(28)29)34(30,31)32/h3-6,9-11,18H,2,7-8H2,1H3,(H5-,20,21,22,24,25,26,28,29,30,31,32)/p+1. The molecule has 0 aliphatic heterocycles. The lowest BCUT2D eigenvalue weighted by molar-refractivity contribution is 0.366. The average Bonchev–Trinajstić information content (AvgIpc) is 3.43. The Balaban J connectivity index is 1.59. The molecule has 2 atom stereocenters. The van der Waals surface area contributed by atoms with Crippen LogP contribution in [-0.4, -0.2) is 50.7 Å².